The van der Waals surface area contributed by atoms with Crippen molar-refractivity contribution in [2.75, 3.05) is 18.0 Å². The van der Waals surface area contributed by atoms with Gasteiger partial charge in [0.05, 0.1) is 18.3 Å². The summed E-state index contributed by atoms with van der Waals surface area (Å²) >= 11 is 0. The van der Waals surface area contributed by atoms with E-state index >= 15 is 0 Å². The van der Waals surface area contributed by atoms with E-state index in [1.54, 1.807) is 15.7 Å². The van der Waals surface area contributed by atoms with E-state index in [1.165, 1.54) is 0 Å². The summed E-state index contributed by atoms with van der Waals surface area (Å²) in [6, 6.07) is 8.99. The predicted molar refractivity (Wildman–Crippen MR) is 93.5 cm³/mol. The van der Waals surface area contributed by atoms with Gasteiger partial charge in [-0.15, -0.1) is 6.58 Å². The van der Waals surface area contributed by atoms with Crippen LogP contribution in [0, 0.1) is 12.1 Å². The molecule has 0 saturated carbocycles. The molecule has 0 aliphatic carbocycles. The average molecular weight is 325 g/mol. The number of benzene rings is 1. The molecule has 126 valence electrons. The molecule has 0 saturated heterocycles. The Bertz CT molecular complexity index is 754. The maximum absolute atomic E-state index is 12.8. The monoisotopic (exact) mass is 325 g/mol. The van der Waals surface area contributed by atoms with Crippen molar-refractivity contribution in [1.82, 2.24) is 14.8 Å². The van der Waals surface area contributed by atoms with Crippen LogP contribution >= 0.6 is 0 Å². The van der Waals surface area contributed by atoms with Gasteiger partial charge in [0.25, 0.3) is 0 Å². The normalized spacial score (nSPS) is 18.4. The summed E-state index contributed by atoms with van der Waals surface area (Å²) in [5.74, 6) is 0.464. The first-order chi connectivity index (χ1) is 11.6. The molecule has 1 aromatic heterocycles. The van der Waals surface area contributed by atoms with Gasteiger partial charge in [0, 0.05) is 18.7 Å². The van der Waals surface area contributed by atoms with Crippen molar-refractivity contribution in [3.05, 3.63) is 65.0 Å². The Balaban J connectivity index is 2.25. The van der Waals surface area contributed by atoms with Crippen LogP contribution in [0.1, 0.15) is 29.8 Å². The molecular formula is C18H21N4O2-. The van der Waals surface area contributed by atoms with E-state index in [4.69, 9.17) is 0 Å². The molecule has 1 aliphatic rings. The quantitative estimate of drug-likeness (QED) is 0.811. The number of aryl methyl sites for hydroxylation is 2. The molecule has 1 atom stereocenters. The molecule has 2 aromatic rings. The fourth-order valence-electron chi connectivity index (χ4n) is 3.27. The van der Waals surface area contributed by atoms with Gasteiger partial charge in [-0.25, -0.2) is 4.68 Å². The van der Waals surface area contributed by atoms with Gasteiger partial charge in [-0.1, -0.05) is 36.4 Å². The zero-order valence-corrected chi connectivity index (χ0v) is 14.0. The summed E-state index contributed by atoms with van der Waals surface area (Å²) in [7, 11) is 0. The van der Waals surface area contributed by atoms with Crippen LogP contribution in [0.3, 0.4) is 0 Å². The fourth-order valence-corrected chi connectivity index (χ4v) is 3.27. The second-order valence-electron chi connectivity index (χ2n) is 5.82. The molecule has 0 fully saturated rings. The van der Waals surface area contributed by atoms with Crippen LogP contribution in [0.5, 0.6) is 0 Å². The molecule has 0 N–H and O–H groups in total. The highest BCUT2D eigenvalue weighted by atomic mass is 16.5. The van der Waals surface area contributed by atoms with Gasteiger partial charge < -0.3 is 10.3 Å². The van der Waals surface area contributed by atoms with E-state index in [0.29, 0.717) is 18.9 Å². The molecule has 6 nitrogen and oxygen atoms in total. The number of rotatable bonds is 4. The minimum atomic E-state index is -0.541. The van der Waals surface area contributed by atoms with E-state index in [0.717, 1.165) is 21.9 Å². The number of hydrogen-bond donors (Lipinski definition) is 0. The van der Waals surface area contributed by atoms with E-state index in [-0.39, 0.29) is 12.5 Å². The molecule has 1 aliphatic heterocycles. The van der Waals surface area contributed by atoms with Crippen LogP contribution in [-0.2, 0) is 11.3 Å². The van der Waals surface area contributed by atoms with Crippen molar-refractivity contribution in [1.29, 1.82) is 0 Å². The van der Waals surface area contributed by atoms with Gasteiger partial charge in [0.1, 0.15) is 5.82 Å². The zero-order chi connectivity index (χ0) is 17.3. The second kappa shape index (κ2) is 6.59. The lowest BCUT2D eigenvalue weighted by atomic mass is 9.98. The van der Waals surface area contributed by atoms with E-state index in [1.807, 2.05) is 44.2 Å². The molecule has 1 unspecified atom stereocenters. The largest absolute Gasteiger partial charge is 0.784 e. The third-order valence-corrected chi connectivity index (χ3v) is 4.28. The van der Waals surface area contributed by atoms with Crippen molar-refractivity contribution < 1.29 is 4.79 Å². The SMILES string of the molecule is C=CCN1C(=O)CN([O-])C(c2ccccc2)c2c(C)nn(CC)c21. The molecule has 24 heavy (non-hydrogen) atoms. The first-order valence-corrected chi connectivity index (χ1v) is 8.05. The van der Waals surface area contributed by atoms with Crippen LogP contribution in [0.4, 0.5) is 5.82 Å². The topological polar surface area (TPSA) is 64.4 Å². The maximum Gasteiger partial charge on any atom is 0.241 e. The first-order valence-electron chi connectivity index (χ1n) is 8.05. The minimum Gasteiger partial charge on any atom is -0.784 e. The van der Waals surface area contributed by atoms with E-state index in [9.17, 15) is 10.0 Å². The van der Waals surface area contributed by atoms with Crippen LogP contribution in [0.15, 0.2) is 43.0 Å². The number of amides is 1. The Morgan fingerprint density at radius 1 is 1.38 bits per heavy atom. The van der Waals surface area contributed by atoms with Crippen molar-refractivity contribution in [3.8, 4) is 0 Å². The summed E-state index contributed by atoms with van der Waals surface area (Å²) < 4.78 is 1.79. The lowest BCUT2D eigenvalue weighted by molar-refractivity contribution is -0.119. The van der Waals surface area contributed by atoms with Gasteiger partial charge in [-0.05, 0) is 19.4 Å². The molecule has 0 radical (unpaired) electrons. The maximum atomic E-state index is 12.8. The number of hydroxylamine groups is 2. The molecule has 0 bridgehead atoms. The van der Waals surface area contributed by atoms with Crippen LogP contribution in [0.25, 0.3) is 0 Å². The van der Waals surface area contributed by atoms with Crippen molar-refractivity contribution in [2.45, 2.75) is 26.4 Å². The third-order valence-electron chi connectivity index (χ3n) is 4.28. The molecule has 1 amide bonds. The van der Waals surface area contributed by atoms with Crippen molar-refractivity contribution in [2.24, 2.45) is 0 Å². The summed E-state index contributed by atoms with van der Waals surface area (Å²) in [4.78, 5) is 14.2. The van der Waals surface area contributed by atoms with Crippen LogP contribution in [-0.4, -0.2) is 33.8 Å². The highest BCUT2D eigenvalue weighted by Crippen LogP contribution is 2.39. The standard InChI is InChI=1S/C18H21N4O2/c1-4-11-20-15(23)12-22(24)17(14-9-7-6-8-10-14)16-13(3)19-21(5-2)18(16)20/h4,6-10,17H,1,5,11-12H2,2-3H3/q-1. The van der Waals surface area contributed by atoms with Crippen molar-refractivity contribution >= 4 is 11.7 Å². The fraction of sp³-hybridized carbons (Fsp3) is 0.333. The Hall–Kier alpha value is -2.44. The number of fused-ring (bicyclic) bond motifs is 1. The highest BCUT2D eigenvalue weighted by molar-refractivity contribution is 5.96. The summed E-state index contributed by atoms with van der Waals surface area (Å²) in [6.45, 7) is 8.38. The highest BCUT2D eigenvalue weighted by Gasteiger charge is 2.34. The third kappa shape index (κ3) is 2.64. The number of carbonyl (C=O) groups is 1. The second-order valence-corrected chi connectivity index (χ2v) is 5.82. The van der Waals surface area contributed by atoms with E-state index < -0.39 is 6.04 Å². The number of nitrogens with zero attached hydrogens (tertiary/aromatic N) is 4. The number of carbonyl (C=O) groups excluding carboxylic acids is 1. The summed E-state index contributed by atoms with van der Waals surface area (Å²) in [5.41, 5.74) is 2.43. The van der Waals surface area contributed by atoms with Gasteiger partial charge in [0.15, 0.2) is 0 Å². The first kappa shape index (κ1) is 16.4. The Morgan fingerprint density at radius 2 is 2.08 bits per heavy atom. The lowest BCUT2D eigenvalue weighted by Crippen LogP contribution is -2.37. The molecule has 6 heteroatoms. The zero-order valence-electron chi connectivity index (χ0n) is 14.0. The average Bonchev–Trinajstić information content (AvgIpc) is 2.84. The summed E-state index contributed by atoms with van der Waals surface area (Å²) in [5, 5.41) is 18.2. The number of anilines is 1. The Morgan fingerprint density at radius 3 is 2.71 bits per heavy atom. The molecule has 3 rings (SSSR count). The molecule has 0 spiro atoms. The minimum absolute atomic E-state index is 0.189. The van der Waals surface area contributed by atoms with E-state index in [2.05, 4.69) is 11.7 Å². The lowest BCUT2D eigenvalue weighted by Gasteiger charge is -2.35. The number of aromatic nitrogens is 2. The summed E-state index contributed by atoms with van der Waals surface area (Å²) in [6.07, 6.45) is 1.67. The van der Waals surface area contributed by atoms with Gasteiger partial charge in [0.2, 0.25) is 5.91 Å². The smallest absolute Gasteiger partial charge is 0.241 e. The predicted octanol–water partition coefficient (Wildman–Crippen LogP) is 2.63. The Kier molecular flexibility index (Phi) is 4.51. The Labute approximate surface area is 141 Å². The molecule has 1 aromatic carbocycles. The number of hydrogen-bond acceptors (Lipinski definition) is 4. The molecule has 2 heterocycles. The van der Waals surface area contributed by atoms with Gasteiger partial charge in [-0.3, -0.25) is 9.69 Å². The van der Waals surface area contributed by atoms with Crippen LogP contribution < -0.4 is 4.90 Å². The van der Waals surface area contributed by atoms with Crippen LogP contribution in [0.2, 0.25) is 0 Å². The molecular weight excluding hydrogens is 304 g/mol. The van der Waals surface area contributed by atoms with Crippen molar-refractivity contribution in [3.63, 3.8) is 0 Å². The van der Waals surface area contributed by atoms with Gasteiger partial charge >= 0.3 is 0 Å². The van der Waals surface area contributed by atoms with Gasteiger partial charge in [-0.2, -0.15) is 5.10 Å².